The second-order valence-corrected chi connectivity index (χ2v) is 4.95. The van der Waals surface area contributed by atoms with Gasteiger partial charge in [-0.05, 0) is 31.0 Å². The molecule has 4 nitrogen and oxygen atoms in total. The maximum atomic E-state index is 13.7. The summed E-state index contributed by atoms with van der Waals surface area (Å²) in [6.07, 6.45) is 4.41. The first kappa shape index (κ1) is 14.3. The highest BCUT2D eigenvalue weighted by Gasteiger charge is 2.15. The first-order valence-corrected chi connectivity index (χ1v) is 6.92. The fourth-order valence-corrected chi connectivity index (χ4v) is 2.33. The second kappa shape index (κ2) is 6.90. The number of nitrogens with zero attached hydrogens (tertiary/aromatic N) is 2. The molecule has 20 heavy (non-hydrogen) atoms. The number of carbonyl (C=O) groups is 1. The predicted molar refractivity (Wildman–Crippen MR) is 74.7 cm³/mol. The largest absolute Gasteiger partial charge is 0.374 e. The fourth-order valence-electron chi connectivity index (χ4n) is 2.33. The lowest BCUT2D eigenvalue weighted by Gasteiger charge is -2.20. The Morgan fingerprint density at radius 3 is 2.60 bits per heavy atom. The Bertz CT molecular complexity index is 516. The van der Waals surface area contributed by atoms with Crippen molar-refractivity contribution in [1.29, 1.82) is 5.26 Å². The zero-order valence-electron chi connectivity index (χ0n) is 11.4. The number of halogens is 1. The molecule has 1 aliphatic rings. The minimum Gasteiger partial charge on any atom is -0.374 e. The number of rotatable bonds is 3. The van der Waals surface area contributed by atoms with Crippen LogP contribution in [0.1, 0.15) is 31.2 Å². The first-order valence-electron chi connectivity index (χ1n) is 6.92. The summed E-state index contributed by atoms with van der Waals surface area (Å²) in [7, 11) is 0. The molecule has 0 bridgehead atoms. The average molecular weight is 275 g/mol. The Labute approximate surface area is 118 Å². The molecular weight excluding hydrogens is 257 g/mol. The van der Waals surface area contributed by atoms with Crippen molar-refractivity contribution < 1.29 is 9.18 Å². The van der Waals surface area contributed by atoms with Crippen LogP contribution in [0.25, 0.3) is 0 Å². The summed E-state index contributed by atoms with van der Waals surface area (Å²) in [6.45, 7) is 1.66. The normalized spacial score (nSPS) is 15.3. The van der Waals surface area contributed by atoms with Crippen molar-refractivity contribution in [3.05, 3.63) is 29.6 Å². The van der Waals surface area contributed by atoms with Gasteiger partial charge in [-0.25, -0.2) is 4.39 Å². The van der Waals surface area contributed by atoms with Gasteiger partial charge in [0.2, 0.25) is 5.91 Å². The van der Waals surface area contributed by atoms with Crippen LogP contribution in [0, 0.1) is 17.1 Å². The van der Waals surface area contributed by atoms with Gasteiger partial charge in [0.1, 0.15) is 5.82 Å². The number of hydrogen-bond acceptors (Lipinski definition) is 3. The molecule has 1 aromatic rings. The van der Waals surface area contributed by atoms with E-state index >= 15 is 0 Å². The lowest BCUT2D eigenvalue weighted by Crippen LogP contribution is -2.36. The number of benzene rings is 1. The summed E-state index contributed by atoms with van der Waals surface area (Å²) < 4.78 is 13.7. The summed E-state index contributed by atoms with van der Waals surface area (Å²) >= 11 is 0. The molecule has 106 valence electrons. The molecule has 1 aliphatic heterocycles. The molecule has 0 atom stereocenters. The maximum Gasteiger partial charge on any atom is 0.241 e. The fraction of sp³-hybridized carbons (Fsp3) is 0.467. The number of hydrogen-bond donors (Lipinski definition) is 1. The Hall–Kier alpha value is -2.09. The van der Waals surface area contributed by atoms with Crippen LogP contribution in [0.4, 0.5) is 10.1 Å². The minimum atomic E-state index is -0.507. The Balaban J connectivity index is 1.91. The molecule has 0 spiro atoms. The SMILES string of the molecule is N#Cc1ccc(NCC(=O)N2CCCCCC2)c(F)c1. The Morgan fingerprint density at radius 2 is 2.00 bits per heavy atom. The summed E-state index contributed by atoms with van der Waals surface area (Å²) in [5.74, 6) is -0.511. The number of nitriles is 1. The standard InChI is InChI=1S/C15H18FN3O/c16-13-9-12(10-17)5-6-14(13)18-11-15(20)19-7-3-1-2-4-8-19/h5-6,9,18H,1-4,7-8,11H2. The topological polar surface area (TPSA) is 56.1 Å². The van der Waals surface area contributed by atoms with E-state index in [1.165, 1.54) is 31.0 Å². The third-order valence-electron chi connectivity index (χ3n) is 3.49. The number of carbonyl (C=O) groups excluding carboxylic acids is 1. The van der Waals surface area contributed by atoms with E-state index in [1.54, 1.807) is 0 Å². The van der Waals surface area contributed by atoms with Crippen LogP contribution in [0.5, 0.6) is 0 Å². The average Bonchev–Trinajstić information content (AvgIpc) is 2.74. The molecule has 1 fully saturated rings. The maximum absolute atomic E-state index is 13.7. The molecule has 0 unspecified atom stereocenters. The molecule has 1 aromatic carbocycles. The van der Waals surface area contributed by atoms with Gasteiger partial charge in [-0.1, -0.05) is 12.8 Å². The van der Waals surface area contributed by atoms with Gasteiger partial charge in [0.15, 0.2) is 0 Å². The minimum absolute atomic E-state index is 0.00402. The molecule has 1 saturated heterocycles. The first-order chi connectivity index (χ1) is 9.70. The van der Waals surface area contributed by atoms with Gasteiger partial charge in [-0.2, -0.15) is 5.26 Å². The van der Waals surface area contributed by atoms with E-state index in [9.17, 15) is 9.18 Å². The molecule has 1 N–H and O–H groups in total. The predicted octanol–water partition coefficient (Wildman–Crippen LogP) is 2.51. The van der Waals surface area contributed by atoms with E-state index < -0.39 is 5.82 Å². The van der Waals surface area contributed by atoms with E-state index in [1.807, 2.05) is 11.0 Å². The third kappa shape index (κ3) is 3.70. The zero-order valence-corrected chi connectivity index (χ0v) is 11.4. The third-order valence-corrected chi connectivity index (χ3v) is 3.49. The van der Waals surface area contributed by atoms with E-state index in [0.717, 1.165) is 25.9 Å². The van der Waals surface area contributed by atoms with Gasteiger partial charge in [0, 0.05) is 13.1 Å². The number of nitrogens with one attached hydrogen (secondary N) is 1. The van der Waals surface area contributed by atoms with Crippen LogP contribution in [0.15, 0.2) is 18.2 Å². The highest BCUT2D eigenvalue weighted by Crippen LogP contribution is 2.15. The molecule has 1 amide bonds. The van der Waals surface area contributed by atoms with Crippen LogP contribution in [-0.2, 0) is 4.79 Å². The molecule has 0 aromatic heterocycles. The molecule has 2 rings (SSSR count). The van der Waals surface area contributed by atoms with Crippen LogP contribution in [-0.4, -0.2) is 30.4 Å². The van der Waals surface area contributed by atoms with Crippen LogP contribution in [0.3, 0.4) is 0 Å². The van der Waals surface area contributed by atoms with E-state index in [2.05, 4.69) is 5.32 Å². The summed E-state index contributed by atoms with van der Waals surface area (Å²) in [5.41, 5.74) is 0.527. The molecule has 1 heterocycles. The molecular formula is C15H18FN3O. The van der Waals surface area contributed by atoms with Crippen molar-refractivity contribution in [3.63, 3.8) is 0 Å². The van der Waals surface area contributed by atoms with Gasteiger partial charge >= 0.3 is 0 Å². The quantitative estimate of drug-likeness (QED) is 0.922. The second-order valence-electron chi connectivity index (χ2n) is 4.95. The van der Waals surface area contributed by atoms with Gasteiger partial charge in [-0.15, -0.1) is 0 Å². The highest BCUT2D eigenvalue weighted by molar-refractivity contribution is 5.81. The van der Waals surface area contributed by atoms with Crippen LogP contribution >= 0.6 is 0 Å². The monoisotopic (exact) mass is 275 g/mol. The van der Waals surface area contributed by atoms with Crippen LogP contribution < -0.4 is 5.32 Å². The van der Waals surface area contributed by atoms with Crippen molar-refractivity contribution in [3.8, 4) is 6.07 Å². The number of anilines is 1. The molecule has 0 radical (unpaired) electrons. The van der Waals surface area contributed by atoms with Gasteiger partial charge < -0.3 is 10.2 Å². The van der Waals surface area contributed by atoms with E-state index in [4.69, 9.17) is 5.26 Å². The van der Waals surface area contributed by atoms with Crippen molar-refractivity contribution >= 4 is 11.6 Å². The van der Waals surface area contributed by atoms with Crippen molar-refractivity contribution in [2.45, 2.75) is 25.7 Å². The molecule has 0 aliphatic carbocycles. The van der Waals surface area contributed by atoms with E-state index in [0.29, 0.717) is 0 Å². The number of amides is 1. The van der Waals surface area contributed by atoms with Gasteiger partial charge in [-0.3, -0.25) is 4.79 Å². The van der Waals surface area contributed by atoms with Gasteiger partial charge in [0.05, 0.1) is 23.9 Å². The summed E-state index contributed by atoms with van der Waals surface area (Å²) in [6, 6.07) is 6.06. The Morgan fingerprint density at radius 1 is 1.30 bits per heavy atom. The van der Waals surface area contributed by atoms with Crippen molar-refractivity contribution in [2.24, 2.45) is 0 Å². The van der Waals surface area contributed by atoms with E-state index in [-0.39, 0.29) is 23.7 Å². The van der Waals surface area contributed by atoms with Crippen LogP contribution in [0.2, 0.25) is 0 Å². The van der Waals surface area contributed by atoms with Crippen molar-refractivity contribution in [1.82, 2.24) is 4.90 Å². The Kier molecular flexibility index (Phi) is 4.94. The number of likely N-dealkylation sites (tertiary alicyclic amines) is 1. The summed E-state index contributed by atoms with van der Waals surface area (Å²) in [5, 5.41) is 11.5. The lowest BCUT2D eigenvalue weighted by molar-refractivity contribution is -0.129. The summed E-state index contributed by atoms with van der Waals surface area (Å²) in [4.78, 5) is 13.9. The lowest BCUT2D eigenvalue weighted by atomic mass is 10.2. The molecule has 0 saturated carbocycles. The zero-order chi connectivity index (χ0) is 14.4. The highest BCUT2D eigenvalue weighted by atomic mass is 19.1. The molecule has 5 heteroatoms. The van der Waals surface area contributed by atoms with Gasteiger partial charge in [0.25, 0.3) is 0 Å². The smallest absolute Gasteiger partial charge is 0.241 e. The van der Waals surface area contributed by atoms with Crippen molar-refractivity contribution in [2.75, 3.05) is 25.0 Å².